The highest BCUT2D eigenvalue weighted by molar-refractivity contribution is 7.72. The molecule has 1 aromatic rings. The van der Waals surface area contributed by atoms with Crippen molar-refractivity contribution in [2.24, 2.45) is 0 Å². The number of benzene rings is 1. The zero-order valence-corrected chi connectivity index (χ0v) is 8.56. The normalized spacial score (nSPS) is 10.5. The minimum absolute atomic E-state index is 0.210. The van der Waals surface area contributed by atoms with E-state index in [1.54, 1.807) is 0 Å². The van der Waals surface area contributed by atoms with Gasteiger partial charge in [-0.1, -0.05) is 0 Å². The molecule has 0 aromatic heterocycles. The molecule has 16 heavy (non-hydrogen) atoms. The zero-order valence-electron chi connectivity index (χ0n) is 7.67. The first kappa shape index (κ1) is 12.5. The number of carbonyl (C=O) groups is 1. The summed E-state index contributed by atoms with van der Waals surface area (Å²) in [5, 5.41) is 1.82. The molecule has 0 fully saturated rings. The van der Waals surface area contributed by atoms with E-state index in [0.29, 0.717) is 6.07 Å². The second-order valence-electron chi connectivity index (χ2n) is 2.74. The maximum atomic E-state index is 13.0. The molecule has 8 heteroatoms. The van der Waals surface area contributed by atoms with Crippen LogP contribution in [0.4, 0.5) is 13.2 Å². The highest BCUT2D eigenvalue weighted by atomic mass is 32.2. The summed E-state index contributed by atoms with van der Waals surface area (Å²) in [6.45, 7) is 0. The molecule has 88 valence electrons. The Balaban J connectivity index is 2.95. The molecule has 1 N–H and O–H groups in total. The van der Waals surface area contributed by atoms with Crippen LogP contribution in [0.15, 0.2) is 12.1 Å². The number of thiol groups is 1. The van der Waals surface area contributed by atoms with Gasteiger partial charge in [0.1, 0.15) is 11.7 Å². The number of halogens is 3. The van der Waals surface area contributed by atoms with Crippen molar-refractivity contribution < 1.29 is 26.4 Å². The van der Waals surface area contributed by atoms with Gasteiger partial charge in [-0.05, 0) is 6.07 Å². The quantitative estimate of drug-likeness (QED) is 0.605. The summed E-state index contributed by atoms with van der Waals surface area (Å²) in [5.74, 6) is -5.91. The van der Waals surface area contributed by atoms with Crippen LogP contribution < -0.4 is 5.32 Å². The summed E-state index contributed by atoms with van der Waals surface area (Å²) in [4.78, 5) is 11.1. The fraction of sp³-hybridized carbons (Fsp3) is 0.125. The molecule has 0 aliphatic carbocycles. The van der Waals surface area contributed by atoms with Crippen molar-refractivity contribution in [1.29, 1.82) is 0 Å². The standard InChI is InChI=1S/C8H6F3NO3S/c9-5-2-7(11)6(10)1-4(5)8(13)12-3-16(14)15/h1-2,16H,3H2,(H,12,13). The third-order valence-corrected chi connectivity index (χ3v) is 2.04. The number of hydrogen-bond donors (Lipinski definition) is 2. The molecule has 0 bridgehead atoms. The average Bonchev–Trinajstić information content (AvgIpc) is 2.20. The van der Waals surface area contributed by atoms with Gasteiger partial charge in [-0.25, -0.2) is 21.6 Å². The summed E-state index contributed by atoms with van der Waals surface area (Å²) in [6, 6.07) is 0.569. The fourth-order valence-electron chi connectivity index (χ4n) is 0.928. The van der Waals surface area contributed by atoms with Crippen LogP contribution in [0, 0.1) is 17.5 Å². The molecular weight excluding hydrogens is 247 g/mol. The Morgan fingerprint density at radius 2 is 1.69 bits per heavy atom. The monoisotopic (exact) mass is 253 g/mol. The van der Waals surface area contributed by atoms with Gasteiger partial charge in [-0.3, -0.25) is 4.79 Å². The zero-order chi connectivity index (χ0) is 12.3. The van der Waals surface area contributed by atoms with Crippen molar-refractivity contribution in [2.45, 2.75) is 0 Å². The first-order valence-electron chi connectivity index (χ1n) is 3.96. The van der Waals surface area contributed by atoms with E-state index in [-0.39, 0.29) is 6.07 Å². The maximum absolute atomic E-state index is 13.0. The Morgan fingerprint density at radius 1 is 1.12 bits per heavy atom. The van der Waals surface area contributed by atoms with Crippen LogP contribution in [0.25, 0.3) is 0 Å². The van der Waals surface area contributed by atoms with Gasteiger partial charge < -0.3 is 5.32 Å². The van der Waals surface area contributed by atoms with Gasteiger partial charge in [-0.2, -0.15) is 0 Å². The van der Waals surface area contributed by atoms with Crippen LogP contribution in [0.3, 0.4) is 0 Å². The van der Waals surface area contributed by atoms with Crippen molar-refractivity contribution in [1.82, 2.24) is 5.32 Å². The van der Waals surface area contributed by atoms with E-state index in [0.717, 1.165) is 0 Å². The van der Waals surface area contributed by atoms with Crippen LogP contribution in [-0.4, -0.2) is 20.2 Å². The molecule has 0 saturated carbocycles. The van der Waals surface area contributed by atoms with Crippen molar-refractivity contribution in [3.05, 3.63) is 35.1 Å². The van der Waals surface area contributed by atoms with E-state index in [2.05, 4.69) is 0 Å². The number of amides is 1. The Hall–Kier alpha value is -1.57. The molecule has 0 radical (unpaired) electrons. The summed E-state index contributed by atoms with van der Waals surface area (Å²) < 4.78 is 58.4. The van der Waals surface area contributed by atoms with Crippen molar-refractivity contribution in [2.75, 3.05) is 5.88 Å². The van der Waals surface area contributed by atoms with E-state index >= 15 is 0 Å². The molecule has 1 rings (SSSR count). The number of hydrogen-bond acceptors (Lipinski definition) is 3. The fourth-order valence-corrected chi connectivity index (χ4v) is 1.20. The van der Waals surface area contributed by atoms with E-state index in [9.17, 15) is 26.4 Å². The molecule has 0 aliphatic rings. The lowest BCUT2D eigenvalue weighted by molar-refractivity contribution is 0.0955. The largest absolute Gasteiger partial charge is 0.338 e. The van der Waals surface area contributed by atoms with Crippen LogP contribution in [0.2, 0.25) is 0 Å². The molecule has 0 unspecified atom stereocenters. The second-order valence-corrected chi connectivity index (χ2v) is 3.72. The molecular formula is C8H6F3NO3S. The SMILES string of the molecule is O=C(NC[SH](=O)=O)c1cc(F)c(F)cc1F. The van der Waals surface area contributed by atoms with Gasteiger partial charge in [0.2, 0.25) is 0 Å². The molecule has 0 heterocycles. The van der Waals surface area contributed by atoms with Crippen LogP contribution in [-0.2, 0) is 10.7 Å². The molecule has 4 nitrogen and oxygen atoms in total. The van der Waals surface area contributed by atoms with E-state index in [1.807, 2.05) is 5.32 Å². The van der Waals surface area contributed by atoms with Gasteiger partial charge in [-0.15, -0.1) is 0 Å². The molecule has 0 aliphatic heterocycles. The Kier molecular flexibility index (Phi) is 3.88. The Labute approximate surface area is 90.0 Å². The van der Waals surface area contributed by atoms with Crippen molar-refractivity contribution >= 4 is 16.6 Å². The predicted octanol–water partition coefficient (Wildman–Crippen LogP) is 0.403. The van der Waals surface area contributed by atoms with Gasteiger partial charge in [0.05, 0.1) is 5.56 Å². The molecule has 0 spiro atoms. The first-order valence-corrected chi connectivity index (χ1v) is 5.32. The van der Waals surface area contributed by atoms with Gasteiger partial charge >= 0.3 is 0 Å². The third-order valence-electron chi connectivity index (χ3n) is 1.62. The average molecular weight is 253 g/mol. The van der Waals surface area contributed by atoms with Gasteiger partial charge in [0, 0.05) is 6.07 Å². The minimum Gasteiger partial charge on any atom is -0.338 e. The van der Waals surface area contributed by atoms with E-state index in [4.69, 9.17) is 0 Å². The van der Waals surface area contributed by atoms with Crippen molar-refractivity contribution in [3.8, 4) is 0 Å². The topological polar surface area (TPSA) is 63.2 Å². The Morgan fingerprint density at radius 3 is 2.25 bits per heavy atom. The minimum atomic E-state index is -2.87. The van der Waals surface area contributed by atoms with E-state index in [1.165, 1.54) is 0 Å². The lowest BCUT2D eigenvalue weighted by atomic mass is 10.2. The van der Waals surface area contributed by atoms with E-state index < -0.39 is 45.5 Å². The predicted molar refractivity (Wildman–Crippen MR) is 49.0 cm³/mol. The van der Waals surface area contributed by atoms with Crippen LogP contribution in [0.5, 0.6) is 0 Å². The Bertz CT molecular complexity index is 494. The third kappa shape index (κ3) is 2.96. The van der Waals surface area contributed by atoms with Crippen LogP contribution >= 0.6 is 0 Å². The number of nitrogens with one attached hydrogen (secondary N) is 1. The number of carbonyl (C=O) groups excluding carboxylic acids is 1. The lowest BCUT2D eigenvalue weighted by Crippen LogP contribution is -2.26. The molecule has 1 amide bonds. The summed E-state index contributed by atoms with van der Waals surface area (Å²) in [6.07, 6.45) is 0. The molecule has 0 atom stereocenters. The summed E-state index contributed by atoms with van der Waals surface area (Å²) >= 11 is 0. The summed E-state index contributed by atoms with van der Waals surface area (Å²) in [7, 11) is -2.87. The maximum Gasteiger partial charge on any atom is 0.255 e. The summed E-state index contributed by atoms with van der Waals surface area (Å²) in [5.41, 5.74) is -0.754. The highest BCUT2D eigenvalue weighted by Gasteiger charge is 2.15. The highest BCUT2D eigenvalue weighted by Crippen LogP contribution is 2.13. The van der Waals surface area contributed by atoms with Gasteiger partial charge in [0.25, 0.3) is 5.91 Å². The first-order chi connectivity index (χ1) is 7.41. The molecule has 1 aromatic carbocycles. The lowest BCUT2D eigenvalue weighted by Gasteiger charge is -2.03. The molecule has 0 saturated heterocycles. The van der Waals surface area contributed by atoms with Crippen molar-refractivity contribution in [3.63, 3.8) is 0 Å². The number of rotatable bonds is 3. The van der Waals surface area contributed by atoms with Crippen LogP contribution in [0.1, 0.15) is 10.4 Å². The smallest absolute Gasteiger partial charge is 0.255 e. The second kappa shape index (κ2) is 4.97. The van der Waals surface area contributed by atoms with Gasteiger partial charge in [0.15, 0.2) is 22.3 Å².